The summed E-state index contributed by atoms with van der Waals surface area (Å²) in [5, 5.41) is 0. The van der Waals surface area contributed by atoms with Crippen LogP contribution in [-0.2, 0) is 30.9 Å². The van der Waals surface area contributed by atoms with E-state index < -0.39 is 0 Å². The number of fused-ring (bicyclic) bond motifs is 1. The molecule has 2 heterocycles. The van der Waals surface area contributed by atoms with Gasteiger partial charge in [0.2, 0.25) is 0 Å². The van der Waals surface area contributed by atoms with Crippen molar-refractivity contribution in [2.75, 3.05) is 27.7 Å². The molecule has 3 aromatic rings. The van der Waals surface area contributed by atoms with E-state index in [9.17, 15) is 4.79 Å². The topological polar surface area (TPSA) is 55.2 Å². The molecule has 1 atom stereocenters. The lowest BCUT2D eigenvalue weighted by Gasteiger charge is -2.31. The predicted molar refractivity (Wildman–Crippen MR) is 123 cm³/mol. The number of methoxy groups -OCH3 is 1. The first-order valence-corrected chi connectivity index (χ1v) is 10.9. The van der Waals surface area contributed by atoms with E-state index in [2.05, 4.69) is 15.9 Å². The highest BCUT2D eigenvalue weighted by Gasteiger charge is 2.27. The van der Waals surface area contributed by atoms with Crippen molar-refractivity contribution >= 4 is 6.29 Å². The zero-order valence-corrected chi connectivity index (χ0v) is 18.9. The standard InChI is InChI=1S/C26H30N2O4/c1-27(2)16-22-13-21-15-28(12-11-24(21)32-22)23(17-29)20-9-10-25(26(14-20)30-3)31-18-19-7-5-4-6-8-19/h4-10,13-14,17,23H,11-12,15-16,18H2,1-3H3. The fraction of sp³-hybridized carbons (Fsp3) is 0.346. The van der Waals surface area contributed by atoms with Crippen molar-refractivity contribution in [3.05, 3.63) is 82.8 Å². The van der Waals surface area contributed by atoms with Crippen LogP contribution in [-0.4, -0.2) is 43.8 Å². The van der Waals surface area contributed by atoms with Crippen molar-refractivity contribution < 1.29 is 18.7 Å². The lowest BCUT2D eigenvalue weighted by Crippen LogP contribution is -2.34. The summed E-state index contributed by atoms with van der Waals surface area (Å²) < 4.78 is 17.5. The van der Waals surface area contributed by atoms with Gasteiger partial charge in [-0.3, -0.25) is 4.90 Å². The molecule has 0 saturated heterocycles. The molecule has 32 heavy (non-hydrogen) atoms. The first kappa shape index (κ1) is 22.1. The van der Waals surface area contributed by atoms with E-state index in [1.54, 1.807) is 7.11 Å². The Labute approximate surface area is 189 Å². The number of hydrogen-bond donors (Lipinski definition) is 0. The third kappa shape index (κ3) is 5.03. The van der Waals surface area contributed by atoms with Gasteiger partial charge in [-0.05, 0) is 43.4 Å². The fourth-order valence-corrected chi connectivity index (χ4v) is 4.14. The van der Waals surface area contributed by atoms with Crippen molar-refractivity contribution in [1.82, 2.24) is 9.80 Å². The van der Waals surface area contributed by atoms with E-state index >= 15 is 0 Å². The second-order valence-electron chi connectivity index (χ2n) is 8.38. The number of benzene rings is 2. The molecule has 1 aliphatic heterocycles. The number of furan rings is 1. The summed E-state index contributed by atoms with van der Waals surface area (Å²) in [6, 6.07) is 17.5. The monoisotopic (exact) mass is 434 g/mol. The summed E-state index contributed by atoms with van der Waals surface area (Å²) >= 11 is 0. The molecule has 0 aliphatic carbocycles. The summed E-state index contributed by atoms with van der Waals surface area (Å²) in [5.74, 6) is 3.28. The molecular weight excluding hydrogens is 404 g/mol. The Morgan fingerprint density at radius 1 is 1.12 bits per heavy atom. The van der Waals surface area contributed by atoms with Gasteiger partial charge in [0.15, 0.2) is 11.5 Å². The Bertz CT molecular complexity index is 1050. The van der Waals surface area contributed by atoms with E-state index in [4.69, 9.17) is 13.9 Å². The second-order valence-corrected chi connectivity index (χ2v) is 8.38. The van der Waals surface area contributed by atoms with Gasteiger partial charge in [0, 0.05) is 25.1 Å². The van der Waals surface area contributed by atoms with Crippen LogP contribution in [0.4, 0.5) is 0 Å². The van der Waals surface area contributed by atoms with Crippen LogP contribution < -0.4 is 9.47 Å². The van der Waals surface area contributed by atoms with E-state index in [-0.39, 0.29) is 6.04 Å². The third-order valence-corrected chi connectivity index (χ3v) is 5.71. The number of aldehydes is 1. The van der Waals surface area contributed by atoms with Crippen LogP contribution in [0.25, 0.3) is 0 Å². The highest BCUT2D eigenvalue weighted by Crippen LogP contribution is 2.34. The zero-order chi connectivity index (χ0) is 22.5. The maximum Gasteiger partial charge on any atom is 0.161 e. The number of rotatable bonds is 9. The minimum atomic E-state index is -0.354. The smallest absolute Gasteiger partial charge is 0.161 e. The quantitative estimate of drug-likeness (QED) is 0.470. The van der Waals surface area contributed by atoms with Gasteiger partial charge in [0.05, 0.1) is 19.7 Å². The minimum Gasteiger partial charge on any atom is -0.493 e. The van der Waals surface area contributed by atoms with Crippen molar-refractivity contribution in [2.24, 2.45) is 0 Å². The normalized spacial score (nSPS) is 14.8. The molecule has 0 radical (unpaired) electrons. The van der Waals surface area contributed by atoms with Crippen LogP contribution in [0.15, 0.2) is 59.0 Å². The van der Waals surface area contributed by atoms with Crippen LogP contribution in [0.2, 0.25) is 0 Å². The highest BCUT2D eigenvalue weighted by molar-refractivity contribution is 5.63. The van der Waals surface area contributed by atoms with Crippen LogP contribution in [0.3, 0.4) is 0 Å². The second kappa shape index (κ2) is 10.0. The molecule has 4 rings (SSSR count). The maximum absolute atomic E-state index is 12.1. The van der Waals surface area contributed by atoms with Crippen molar-refractivity contribution in [2.45, 2.75) is 32.2 Å². The molecule has 0 bridgehead atoms. The molecule has 0 saturated carbocycles. The molecule has 0 fully saturated rings. The molecule has 1 aliphatic rings. The SMILES string of the molecule is COc1cc(C(C=O)N2CCc3oc(CN(C)C)cc3C2)ccc1OCc1ccccc1. The average Bonchev–Trinajstić information content (AvgIpc) is 3.20. The summed E-state index contributed by atoms with van der Waals surface area (Å²) in [5.41, 5.74) is 3.14. The Morgan fingerprint density at radius 3 is 2.66 bits per heavy atom. The number of hydrogen-bond acceptors (Lipinski definition) is 6. The van der Waals surface area contributed by atoms with E-state index in [0.29, 0.717) is 24.7 Å². The first-order valence-electron chi connectivity index (χ1n) is 10.9. The third-order valence-electron chi connectivity index (χ3n) is 5.71. The highest BCUT2D eigenvalue weighted by atomic mass is 16.5. The van der Waals surface area contributed by atoms with Gasteiger partial charge in [-0.15, -0.1) is 0 Å². The number of ether oxygens (including phenoxy) is 2. The van der Waals surface area contributed by atoms with Gasteiger partial charge in [-0.1, -0.05) is 36.4 Å². The van der Waals surface area contributed by atoms with Crippen LogP contribution in [0, 0.1) is 0 Å². The van der Waals surface area contributed by atoms with Crippen LogP contribution in [0.5, 0.6) is 11.5 Å². The Balaban J connectivity index is 1.49. The Kier molecular flexibility index (Phi) is 6.93. The van der Waals surface area contributed by atoms with Crippen LogP contribution >= 0.6 is 0 Å². The molecule has 2 aromatic carbocycles. The molecule has 168 valence electrons. The molecule has 1 unspecified atom stereocenters. The lowest BCUT2D eigenvalue weighted by atomic mass is 10.0. The van der Waals surface area contributed by atoms with Crippen molar-refractivity contribution in [3.8, 4) is 11.5 Å². The molecule has 6 heteroatoms. The first-order chi connectivity index (χ1) is 15.6. The lowest BCUT2D eigenvalue weighted by molar-refractivity contribution is -0.113. The summed E-state index contributed by atoms with van der Waals surface area (Å²) in [7, 11) is 5.67. The van der Waals surface area contributed by atoms with Gasteiger partial charge >= 0.3 is 0 Å². The number of nitrogens with zero attached hydrogens (tertiary/aromatic N) is 2. The predicted octanol–water partition coefficient (Wildman–Crippen LogP) is 4.23. The zero-order valence-electron chi connectivity index (χ0n) is 18.9. The van der Waals surface area contributed by atoms with Gasteiger partial charge < -0.3 is 23.6 Å². The minimum absolute atomic E-state index is 0.354. The van der Waals surface area contributed by atoms with E-state index in [1.807, 2.05) is 62.6 Å². The van der Waals surface area contributed by atoms with Crippen molar-refractivity contribution in [3.63, 3.8) is 0 Å². The molecule has 0 spiro atoms. The molecule has 0 N–H and O–H groups in total. The van der Waals surface area contributed by atoms with Gasteiger partial charge in [0.25, 0.3) is 0 Å². The molecular formula is C26H30N2O4. The Morgan fingerprint density at radius 2 is 1.94 bits per heavy atom. The van der Waals surface area contributed by atoms with Crippen LogP contribution in [0.1, 0.15) is 34.3 Å². The average molecular weight is 435 g/mol. The van der Waals surface area contributed by atoms with E-state index in [0.717, 1.165) is 54.0 Å². The molecule has 6 nitrogen and oxygen atoms in total. The summed E-state index contributed by atoms with van der Waals surface area (Å²) in [6.07, 6.45) is 1.80. The van der Waals surface area contributed by atoms with Crippen molar-refractivity contribution in [1.29, 1.82) is 0 Å². The van der Waals surface area contributed by atoms with Gasteiger partial charge in [-0.2, -0.15) is 0 Å². The molecule has 0 amide bonds. The largest absolute Gasteiger partial charge is 0.493 e. The maximum atomic E-state index is 12.1. The molecule has 1 aromatic heterocycles. The number of carbonyl (C=O) groups excluding carboxylic acids is 1. The fourth-order valence-electron chi connectivity index (χ4n) is 4.14. The van der Waals surface area contributed by atoms with Gasteiger partial charge in [0.1, 0.15) is 24.4 Å². The summed E-state index contributed by atoms with van der Waals surface area (Å²) in [4.78, 5) is 16.4. The Hall–Kier alpha value is -3.09. The van der Waals surface area contributed by atoms with E-state index in [1.165, 1.54) is 0 Å². The summed E-state index contributed by atoms with van der Waals surface area (Å²) in [6.45, 7) is 2.67. The van der Waals surface area contributed by atoms with Gasteiger partial charge in [-0.25, -0.2) is 0 Å². The number of carbonyl (C=O) groups is 1.